The number of hydrogen-bond acceptors (Lipinski definition) is 5. The maximum Gasteiger partial charge on any atom is 0.268 e. The number of carbonyl (C=O) groups excluding carboxylic acids is 1. The third-order valence-electron chi connectivity index (χ3n) is 5.79. The highest BCUT2D eigenvalue weighted by molar-refractivity contribution is 7.97. The Labute approximate surface area is 183 Å². The number of furan rings is 1. The van der Waals surface area contributed by atoms with Gasteiger partial charge in [0.2, 0.25) is 0 Å². The van der Waals surface area contributed by atoms with E-state index in [0.29, 0.717) is 22.2 Å². The lowest BCUT2D eigenvalue weighted by Gasteiger charge is -2.26. The highest BCUT2D eigenvalue weighted by atomic mass is 32.2. The predicted octanol–water partition coefficient (Wildman–Crippen LogP) is 3.87. The Hall–Kier alpha value is -3.04. The molecule has 0 spiro atoms. The van der Waals surface area contributed by atoms with Gasteiger partial charge >= 0.3 is 0 Å². The number of halogens is 1. The molecule has 160 valence electrons. The molecule has 4 heterocycles. The molecule has 1 N–H and O–H groups in total. The fraction of sp³-hybridized carbons (Fsp3) is 0.273. The van der Waals surface area contributed by atoms with Crippen LogP contribution in [0, 0.1) is 12.7 Å². The molecule has 5 rings (SSSR count). The van der Waals surface area contributed by atoms with Gasteiger partial charge in [-0.3, -0.25) is 4.79 Å². The highest BCUT2D eigenvalue weighted by Crippen LogP contribution is 2.31. The number of fused-ring (bicyclic) bond motifs is 2. The van der Waals surface area contributed by atoms with Crippen LogP contribution in [0.5, 0.6) is 0 Å². The highest BCUT2D eigenvalue weighted by Gasteiger charge is 2.22. The van der Waals surface area contributed by atoms with Gasteiger partial charge in [0.05, 0.1) is 24.8 Å². The molecule has 0 fully saturated rings. The molecule has 0 saturated carbocycles. The summed E-state index contributed by atoms with van der Waals surface area (Å²) in [4.78, 5) is 18.1. The quantitative estimate of drug-likeness (QED) is 0.478. The van der Waals surface area contributed by atoms with Gasteiger partial charge in [-0.25, -0.2) is 13.7 Å². The second-order valence-electron chi connectivity index (χ2n) is 7.61. The van der Waals surface area contributed by atoms with Crippen molar-refractivity contribution in [3.63, 3.8) is 0 Å². The van der Waals surface area contributed by atoms with Crippen molar-refractivity contribution in [2.45, 2.75) is 31.5 Å². The Morgan fingerprint density at radius 2 is 2.19 bits per heavy atom. The van der Waals surface area contributed by atoms with Gasteiger partial charge in [-0.1, -0.05) is 0 Å². The van der Waals surface area contributed by atoms with Crippen molar-refractivity contribution in [2.24, 2.45) is 7.05 Å². The molecule has 4 aromatic rings. The summed E-state index contributed by atoms with van der Waals surface area (Å²) in [5.74, 6) is -0.605. The van der Waals surface area contributed by atoms with E-state index in [0.717, 1.165) is 30.2 Å². The molecule has 1 aliphatic heterocycles. The monoisotopic (exact) mass is 439 g/mol. The van der Waals surface area contributed by atoms with Crippen LogP contribution in [0.1, 0.15) is 27.4 Å². The van der Waals surface area contributed by atoms with Crippen LogP contribution in [0.2, 0.25) is 0 Å². The number of rotatable bonds is 5. The second kappa shape index (κ2) is 7.90. The van der Waals surface area contributed by atoms with E-state index >= 15 is 0 Å². The number of imidazole rings is 1. The standard InChI is InChI=1S/C22H22FN5O2S/c1-14-21(31-28-7-6-27-13-24-10-15(27)12-28)9-19(26(14)2)22(29)25-11-17-16-5-8-30-20(16)4-3-18(17)23/h3-5,8-10,13H,6-7,11-12H2,1-2H3,(H,25,29). The second-order valence-corrected chi connectivity index (χ2v) is 8.75. The van der Waals surface area contributed by atoms with Crippen molar-refractivity contribution < 1.29 is 13.6 Å². The predicted molar refractivity (Wildman–Crippen MR) is 116 cm³/mol. The minimum absolute atomic E-state index is 0.0877. The van der Waals surface area contributed by atoms with Crippen LogP contribution < -0.4 is 5.32 Å². The zero-order valence-corrected chi connectivity index (χ0v) is 18.1. The smallest absolute Gasteiger partial charge is 0.268 e. The summed E-state index contributed by atoms with van der Waals surface area (Å²) >= 11 is 1.65. The van der Waals surface area contributed by atoms with E-state index in [2.05, 4.69) is 19.2 Å². The fourth-order valence-corrected chi connectivity index (χ4v) is 4.96. The van der Waals surface area contributed by atoms with Crippen LogP contribution in [0.4, 0.5) is 4.39 Å². The van der Waals surface area contributed by atoms with Crippen LogP contribution in [0.25, 0.3) is 11.0 Å². The molecule has 3 aromatic heterocycles. The third-order valence-corrected chi connectivity index (χ3v) is 6.97. The molecule has 0 atom stereocenters. The van der Waals surface area contributed by atoms with E-state index in [9.17, 15) is 9.18 Å². The number of nitrogens with one attached hydrogen (secondary N) is 1. The van der Waals surface area contributed by atoms with Gasteiger partial charge in [-0.15, -0.1) is 0 Å². The summed E-state index contributed by atoms with van der Waals surface area (Å²) in [6, 6.07) is 6.56. The summed E-state index contributed by atoms with van der Waals surface area (Å²) in [6.45, 7) is 4.68. The van der Waals surface area contributed by atoms with Gasteiger partial charge in [0.15, 0.2) is 0 Å². The lowest BCUT2D eigenvalue weighted by molar-refractivity contribution is 0.0942. The molecular weight excluding hydrogens is 417 g/mol. The van der Waals surface area contributed by atoms with Crippen LogP contribution >= 0.6 is 11.9 Å². The molecule has 1 aromatic carbocycles. The molecule has 9 heteroatoms. The molecule has 0 saturated heterocycles. The Morgan fingerprint density at radius 1 is 1.32 bits per heavy atom. The van der Waals surface area contributed by atoms with Crippen molar-refractivity contribution in [2.75, 3.05) is 6.54 Å². The Balaban J connectivity index is 1.31. The first-order valence-corrected chi connectivity index (χ1v) is 10.8. The number of benzene rings is 1. The largest absolute Gasteiger partial charge is 0.464 e. The molecule has 1 amide bonds. The zero-order valence-electron chi connectivity index (χ0n) is 17.3. The lowest BCUT2D eigenvalue weighted by atomic mass is 10.1. The van der Waals surface area contributed by atoms with Crippen molar-refractivity contribution >= 4 is 28.8 Å². The average Bonchev–Trinajstić information content (AvgIpc) is 3.48. The van der Waals surface area contributed by atoms with Crippen molar-refractivity contribution in [1.29, 1.82) is 0 Å². The Bertz CT molecular complexity index is 1270. The SMILES string of the molecule is Cc1c(SN2CCn3cncc3C2)cc(C(=O)NCc2c(F)ccc3occc23)n1C. The van der Waals surface area contributed by atoms with Gasteiger partial charge in [0.1, 0.15) is 17.1 Å². The minimum atomic E-state index is -0.363. The molecule has 7 nitrogen and oxygen atoms in total. The van der Waals surface area contributed by atoms with Gasteiger partial charge in [-0.05, 0) is 43.1 Å². The molecule has 0 bridgehead atoms. The van der Waals surface area contributed by atoms with Gasteiger partial charge in [0, 0.05) is 54.4 Å². The number of aromatic nitrogens is 3. The van der Waals surface area contributed by atoms with Crippen molar-refractivity contribution in [3.05, 3.63) is 71.5 Å². The topological polar surface area (TPSA) is 68.2 Å². The molecule has 31 heavy (non-hydrogen) atoms. The van der Waals surface area contributed by atoms with Crippen LogP contribution in [0.3, 0.4) is 0 Å². The first kappa shape index (κ1) is 19.9. The van der Waals surface area contributed by atoms with E-state index < -0.39 is 0 Å². The van der Waals surface area contributed by atoms with Crippen LogP contribution in [-0.4, -0.2) is 30.9 Å². The molecule has 0 radical (unpaired) electrons. The Kier molecular flexibility index (Phi) is 5.07. The van der Waals surface area contributed by atoms with Crippen LogP contribution in [0.15, 0.2) is 52.4 Å². The zero-order chi connectivity index (χ0) is 21.5. The number of hydrogen-bond donors (Lipinski definition) is 1. The van der Waals surface area contributed by atoms with E-state index in [-0.39, 0.29) is 18.3 Å². The minimum Gasteiger partial charge on any atom is -0.464 e. The van der Waals surface area contributed by atoms with Gasteiger partial charge in [-0.2, -0.15) is 0 Å². The van der Waals surface area contributed by atoms with Gasteiger partial charge < -0.3 is 18.9 Å². The molecule has 0 unspecified atom stereocenters. The molecule has 0 aliphatic carbocycles. The number of nitrogens with zero attached hydrogens (tertiary/aromatic N) is 4. The summed E-state index contributed by atoms with van der Waals surface area (Å²) < 4.78 is 26.0. The van der Waals surface area contributed by atoms with E-state index in [1.807, 2.05) is 37.1 Å². The van der Waals surface area contributed by atoms with Gasteiger partial charge in [0.25, 0.3) is 5.91 Å². The first-order chi connectivity index (χ1) is 15.0. The summed E-state index contributed by atoms with van der Waals surface area (Å²) in [6.07, 6.45) is 5.27. The molecule has 1 aliphatic rings. The normalized spacial score (nSPS) is 14.2. The summed E-state index contributed by atoms with van der Waals surface area (Å²) in [5.41, 5.74) is 3.76. The van der Waals surface area contributed by atoms with Crippen molar-refractivity contribution in [1.82, 2.24) is 23.7 Å². The van der Waals surface area contributed by atoms with E-state index in [1.54, 1.807) is 24.1 Å². The maximum atomic E-state index is 14.3. The fourth-order valence-electron chi connectivity index (χ4n) is 3.88. The van der Waals surface area contributed by atoms with E-state index in [1.165, 1.54) is 18.0 Å². The average molecular weight is 440 g/mol. The Morgan fingerprint density at radius 3 is 3.06 bits per heavy atom. The van der Waals surface area contributed by atoms with Crippen LogP contribution in [-0.2, 0) is 26.7 Å². The van der Waals surface area contributed by atoms with E-state index in [4.69, 9.17) is 4.42 Å². The lowest BCUT2D eigenvalue weighted by Crippen LogP contribution is -2.27. The maximum absolute atomic E-state index is 14.3. The molecular formula is C22H22FN5O2S. The van der Waals surface area contributed by atoms with Crippen molar-refractivity contribution in [3.8, 4) is 0 Å². The number of carbonyl (C=O) groups is 1. The number of amides is 1. The third kappa shape index (κ3) is 3.64. The first-order valence-electron chi connectivity index (χ1n) is 10.0. The summed E-state index contributed by atoms with van der Waals surface area (Å²) in [5, 5.41) is 3.53. The summed E-state index contributed by atoms with van der Waals surface area (Å²) in [7, 11) is 1.87.